The summed E-state index contributed by atoms with van der Waals surface area (Å²) in [5, 5.41) is 18.0. The Morgan fingerprint density at radius 2 is 2.17 bits per heavy atom. The topological polar surface area (TPSA) is 68.2 Å². The van der Waals surface area contributed by atoms with E-state index in [9.17, 15) is 5.21 Å². The standard InChI is InChI=1S/C12H22N4O2/c1-11-12(14-18-16(11)17)10-13-6-5-9-15-7-3-2-4-8-15/h13H,2-10H2,1H3. The van der Waals surface area contributed by atoms with Gasteiger partial charge in [-0.15, -0.1) is 0 Å². The van der Waals surface area contributed by atoms with Crippen LogP contribution in [-0.4, -0.2) is 36.2 Å². The van der Waals surface area contributed by atoms with Gasteiger partial charge in [0.05, 0.1) is 6.54 Å². The summed E-state index contributed by atoms with van der Waals surface area (Å²) in [6.07, 6.45) is 5.20. The second-order valence-corrected chi connectivity index (χ2v) is 4.89. The number of piperidine rings is 1. The first-order valence-electron chi connectivity index (χ1n) is 6.75. The monoisotopic (exact) mass is 254 g/mol. The maximum atomic E-state index is 11.0. The van der Waals surface area contributed by atoms with Crippen molar-refractivity contribution in [2.75, 3.05) is 26.2 Å². The van der Waals surface area contributed by atoms with E-state index in [1.807, 2.05) is 0 Å². The van der Waals surface area contributed by atoms with E-state index < -0.39 is 0 Å². The molecular formula is C12H22N4O2. The van der Waals surface area contributed by atoms with Gasteiger partial charge in [-0.05, 0) is 50.3 Å². The van der Waals surface area contributed by atoms with Crippen molar-refractivity contribution in [2.24, 2.45) is 0 Å². The first-order valence-corrected chi connectivity index (χ1v) is 6.75. The van der Waals surface area contributed by atoms with Gasteiger partial charge in [0.25, 0.3) is 0 Å². The Balaban J connectivity index is 1.57. The Bertz CT molecular complexity index is 361. The van der Waals surface area contributed by atoms with Crippen LogP contribution in [0.5, 0.6) is 0 Å². The van der Waals surface area contributed by atoms with E-state index in [1.54, 1.807) is 6.92 Å². The molecule has 0 radical (unpaired) electrons. The highest BCUT2D eigenvalue weighted by atomic mass is 16.8. The molecule has 1 aromatic rings. The van der Waals surface area contributed by atoms with Crippen LogP contribution in [0.3, 0.4) is 0 Å². The molecule has 0 saturated carbocycles. The number of nitrogens with zero attached hydrogens (tertiary/aromatic N) is 3. The lowest BCUT2D eigenvalue weighted by Crippen LogP contribution is -2.32. The Kier molecular flexibility index (Phi) is 4.95. The molecule has 0 aliphatic carbocycles. The van der Waals surface area contributed by atoms with Gasteiger partial charge >= 0.3 is 0 Å². The van der Waals surface area contributed by atoms with Gasteiger partial charge in [-0.1, -0.05) is 6.42 Å². The third-order valence-electron chi connectivity index (χ3n) is 3.49. The predicted octanol–water partition coefficient (Wildman–Crippen LogP) is 0.582. The van der Waals surface area contributed by atoms with E-state index in [0.717, 1.165) is 19.5 Å². The van der Waals surface area contributed by atoms with Gasteiger partial charge in [0.2, 0.25) is 5.69 Å². The third kappa shape index (κ3) is 3.68. The molecular weight excluding hydrogens is 232 g/mol. The van der Waals surface area contributed by atoms with Crippen LogP contribution in [-0.2, 0) is 6.54 Å². The second-order valence-electron chi connectivity index (χ2n) is 4.89. The van der Waals surface area contributed by atoms with E-state index in [1.165, 1.54) is 32.4 Å². The van der Waals surface area contributed by atoms with Crippen molar-refractivity contribution >= 4 is 0 Å². The first kappa shape index (κ1) is 13.3. The minimum absolute atomic E-state index is 0.449. The van der Waals surface area contributed by atoms with Gasteiger partial charge in [-0.25, -0.2) is 0 Å². The molecule has 0 aromatic carbocycles. The number of nitrogens with one attached hydrogen (secondary N) is 1. The van der Waals surface area contributed by atoms with Gasteiger partial charge in [0.1, 0.15) is 0 Å². The zero-order valence-corrected chi connectivity index (χ0v) is 11.0. The summed E-state index contributed by atoms with van der Waals surface area (Å²) < 4.78 is 4.51. The first-order chi connectivity index (χ1) is 8.77. The highest BCUT2D eigenvalue weighted by Gasteiger charge is 2.13. The summed E-state index contributed by atoms with van der Waals surface area (Å²) in [5.41, 5.74) is 1.24. The fraction of sp³-hybridized carbons (Fsp3) is 0.833. The van der Waals surface area contributed by atoms with Crippen molar-refractivity contribution in [1.82, 2.24) is 15.4 Å². The van der Waals surface area contributed by atoms with Gasteiger partial charge in [0, 0.05) is 12.1 Å². The minimum atomic E-state index is 0.449. The highest BCUT2D eigenvalue weighted by Crippen LogP contribution is 2.08. The second kappa shape index (κ2) is 6.70. The normalized spacial score (nSPS) is 17.2. The van der Waals surface area contributed by atoms with Gasteiger partial charge < -0.3 is 15.4 Å². The molecule has 1 aliphatic rings. The Morgan fingerprint density at radius 1 is 1.39 bits per heavy atom. The molecule has 0 bridgehead atoms. The van der Waals surface area contributed by atoms with Crippen molar-refractivity contribution in [2.45, 2.75) is 39.2 Å². The molecule has 6 heteroatoms. The minimum Gasteiger partial charge on any atom is -0.359 e. The average molecular weight is 254 g/mol. The van der Waals surface area contributed by atoms with Crippen molar-refractivity contribution in [3.8, 4) is 0 Å². The van der Waals surface area contributed by atoms with Gasteiger partial charge in [0.15, 0.2) is 5.69 Å². The Labute approximate surface area is 107 Å². The van der Waals surface area contributed by atoms with Crippen LogP contribution in [0.4, 0.5) is 0 Å². The van der Waals surface area contributed by atoms with Crippen LogP contribution < -0.4 is 10.2 Å². The summed E-state index contributed by atoms with van der Waals surface area (Å²) in [7, 11) is 0. The third-order valence-corrected chi connectivity index (χ3v) is 3.49. The molecule has 2 heterocycles. The molecule has 1 aromatic heterocycles. The molecule has 1 fully saturated rings. The van der Waals surface area contributed by atoms with Crippen LogP contribution in [0.25, 0.3) is 0 Å². The van der Waals surface area contributed by atoms with Crippen molar-refractivity contribution in [1.29, 1.82) is 0 Å². The number of rotatable bonds is 6. The van der Waals surface area contributed by atoms with Crippen molar-refractivity contribution < 1.29 is 9.53 Å². The zero-order chi connectivity index (χ0) is 12.8. The Morgan fingerprint density at radius 3 is 2.83 bits per heavy atom. The molecule has 1 saturated heterocycles. The average Bonchev–Trinajstić information content (AvgIpc) is 2.71. The maximum Gasteiger partial charge on any atom is 0.234 e. The lowest BCUT2D eigenvalue weighted by atomic mass is 10.1. The van der Waals surface area contributed by atoms with Crippen LogP contribution in [0.1, 0.15) is 37.1 Å². The molecule has 6 nitrogen and oxygen atoms in total. The van der Waals surface area contributed by atoms with Crippen LogP contribution >= 0.6 is 0 Å². The molecule has 18 heavy (non-hydrogen) atoms. The number of hydrogen-bond acceptors (Lipinski definition) is 5. The Hall–Kier alpha value is -1.14. The number of aromatic nitrogens is 2. The van der Waals surface area contributed by atoms with E-state index >= 15 is 0 Å². The van der Waals surface area contributed by atoms with Crippen LogP contribution in [0.15, 0.2) is 4.63 Å². The number of likely N-dealkylation sites (tertiary alicyclic amines) is 1. The predicted molar refractivity (Wildman–Crippen MR) is 66.8 cm³/mol. The van der Waals surface area contributed by atoms with E-state index in [4.69, 9.17) is 0 Å². The zero-order valence-electron chi connectivity index (χ0n) is 11.0. The molecule has 1 aliphatic heterocycles. The molecule has 0 amide bonds. The lowest BCUT2D eigenvalue weighted by molar-refractivity contribution is -0.806. The fourth-order valence-corrected chi connectivity index (χ4v) is 2.30. The summed E-state index contributed by atoms with van der Waals surface area (Å²) in [5.74, 6) is 0. The molecule has 0 atom stereocenters. The summed E-state index contributed by atoms with van der Waals surface area (Å²) in [4.78, 5) is 2.98. The SMILES string of the molecule is Cc1c(CNCCCN2CCCCC2)no[n+]1[O-]. The molecule has 2 rings (SSSR count). The molecule has 0 unspecified atom stereocenters. The molecule has 1 N–H and O–H groups in total. The molecule has 102 valence electrons. The number of hydrogen-bond donors (Lipinski definition) is 1. The fourth-order valence-electron chi connectivity index (χ4n) is 2.30. The summed E-state index contributed by atoms with van der Waals surface area (Å²) >= 11 is 0. The summed E-state index contributed by atoms with van der Waals surface area (Å²) in [6.45, 7) is 6.92. The van der Waals surface area contributed by atoms with Crippen molar-refractivity contribution in [3.05, 3.63) is 16.6 Å². The van der Waals surface area contributed by atoms with Crippen LogP contribution in [0.2, 0.25) is 0 Å². The molecule has 0 spiro atoms. The maximum absolute atomic E-state index is 11.0. The highest BCUT2D eigenvalue weighted by molar-refractivity contribution is 4.99. The quantitative estimate of drug-likeness (QED) is 0.594. The van der Waals surface area contributed by atoms with E-state index in [0.29, 0.717) is 22.8 Å². The smallest absolute Gasteiger partial charge is 0.234 e. The van der Waals surface area contributed by atoms with Crippen molar-refractivity contribution in [3.63, 3.8) is 0 Å². The van der Waals surface area contributed by atoms with Gasteiger partial charge in [-0.3, -0.25) is 4.63 Å². The van der Waals surface area contributed by atoms with E-state index in [2.05, 4.69) is 20.0 Å². The van der Waals surface area contributed by atoms with Gasteiger partial charge in [-0.2, -0.15) is 0 Å². The summed E-state index contributed by atoms with van der Waals surface area (Å²) in [6, 6.07) is 0. The van der Waals surface area contributed by atoms with E-state index in [-0.39, 0.29) is 0 Å². The van der Waals surface area contributed by atoms with Crippen LogP contribution in [0, 0.1) is 12.1 Å². The lowest BCUT2D eigenvalue weighted by Gasteiger charge is -2.26. The largest absolute Gasteiger partial charge is 0.359 e.